The van der Waals surface area contributed by atoms with Gasteiger partial charge < -0.3 is 23.8 Å². The molecule has 0 saturated carbocycles. The van der Waals surface area contributed by atoms with Crippen LogP contribution in [0, 0.1) is 0 Å². The van der Waals surface area contributed by atoms with E-state index in [9.17, 15) is 13.6 Å². The Bertz CT molecular complexity index is 916. The summed E-state index contributed by atoms with van der Waals surface area (Å²) in [5.74, 6) is 1.35. The van der Waals surface area contributed by atoms with E-state index in [4.69, 9.17) is 14.2 Å². The molecule has 2 heterocycles. The van der Waals surface area contributed by atoms with Crippen molar-refractivity contribution in [2.75, 3.05) is 40.1 Å². The molecule has 7 nitrogen and oxygen atoms in total. The number of fused-ring (bicyclic) bond motifs is 1. The van der Waals surface area contributed by atoms with Gasteiger partial charge in [0.25, 0.3) is 5.91 Å². The van der Waals surface area contributed by atoms with Crippen molar-refractivity contribution in [2.24, 2.45) is 0 Å². The molecule has 30 heavy (non-hydrogen) atoms. The van der Waals surface area contributed by atoms with Gasteiger partial charge in [0.05, 0.1) is 7.11 Å². The van der Waals surface area contributed by atoms with E-state index < -0.39 is 6.61 Å². The minimum atomic E-state index is -2.96. The number of rotatable bonds is 6. The van der Waals surface area contributed by atoms with Gasteiger partial charge in [0.2, 0.25) is 6.79 Å². The Hall–Kier alpha value is -3.07. The van der Waals surface area contributed by atoms with Crippen LogP contribution in [0.3, 0.4) is 0 Å². The van der Waals surface area contributed by atoms with E-state index in [0.717, 1.165) is 36.7 Å². The maximum atomic E-state index is 12.8. The number of piperazine rings is 1. The van der Waals surface area contributed by atoms with Crippen LogP contribution < -0.4 is 18.9 Å². The molecule has 0 atom stereocenters. The van der Waals surface area contributed by atoms with Crippen LogP contribution in [0.2, 0.25) is 0 Å². The number of amides is 1. The van der Waals surface area contributed by atoms with Crippen LogP contribution >= 0.6 is 0 Å². The van der Waals surface area contributed by atoms with Crippen molar-refractivity contribution in [1.29, 1.82) is 0 Å². The highest BCUT2D eigenvalue weighted by atomic mass is 19.3. The molecule has 0 N–H and O–H groups in total. The maximum Gasteiger partial charge on any atom is 0.387 e. The molecular formula is C21H22F2N2O5. The Labute approximate surface area is 172 Å². The van der Waals surface area contributed by atoms with Gasteiger partial charge in [0.1, 0.15) is 0 Å². The van der Waals surface area contributed by atoms with E-state index in [-0.39, 0.29) is 24.2 Å². The molecule has 4 rings (SSSR count). The van der Waals surface area contributed by atoms with Gasteiger partial charge in [-0.25, -0.2) is 0 Å². The SMILES string of the molecule is COc1cc(C(=O)N2CCN(Cc3ccc4c(c3)OCO4)CC2)ccc1OC(F)F. The first-order chi connectivity index (χ1) is 14.5. The third-order valence-corrected chi connectivity index (χ3v) is 5.13. The van der Waals surface area contributed by atoms with Crippen LogP contribution in [0.1, 0.15) is 15.9 Å². The van der Waals surface area contributed by atoms with Gasteiger partial charge in [-0.1, -0.05) is 6.07 Å². The summed E-state index contributed by atoms with van der Waals surface area (Å²) in [6.45, 7) is 0.639. The van der Waals surface area contributed by atoms with Gasteiger partial charge in [-0.15, -0.1) is 0 Å². The van der Waals surface area contributed by atoms with Crippen molar-refractivity contribution < 1.29 is 32.5 Å². The normalized spacial score (nSPS) is 16.1. The predicted octanol–water partition coefficient (Wildman–Crippen LogP) is 2.98. The molecule has 160 valence electrons. The van der Waals surface area contributed by atoms with E-state index in [1.165, 1.54) is 25.3 Å². The zero-order valence-electron chi connectivity index (χ0n) is 16.5. The molecule has 0 radical (unpaired) electrons. The van der Waals surface area contributed by atoms with Gasteiger partial charge >= 0.3 is 6.61 Å². The van der Waals surface area contributed by atoms with Gasteiger partial charge in [0, 0.05) is 38.3 Å². The highest BCUT2D eigenvalue weighted by Crippen LogP contribution is 2.33. The molecule has 2 aromatic carbocycles. The Morgan fingerprint density at radius 2 is 1.80 bits per heavy atom. The molecule has 0 bridgehead atoms. The van der Waals surface area contributed by atoms with Crippen LogP contribution in [-0.2, 0) is 6.54 Å². The smallest absolute Gasteiger partial charge is 0.387 e. The lowest BCUT2D eigenvalue weighted by Gasteiger charge is -2.35. The van der Waals surface area contributed by atoms with Gasteiger partial charge in [-0.05, 0) is 35.9 Å². The number of hydrogen-bond donors (Lipinski definition) is 0. The highest BCUT2D eigenvalue weighted by molar-refractivity contribution is 5.95. The van der Waals surface area contributed by atoms with E-state index in [1.807, 2.05) is 18.2 Å². The Kier molecular flexibility index (Phi) is 5.89. The van der Waals surface area contributed by atoms with Crippen LogP contribution in [0.5, 0.6) is 23.0 Å². The van der Waals surface area contributed by atoms with E-state index in [2.05, 4.69) is 9.64 Å². The number of ether oxygens (including phenoxy) is 4. The van der Waals surface area contributed by atoms with Crippen LogP contribution in [0.15, 0.2) is 36.4 Å². The van der Waals surface area contributed by atoms with Crippen molar-refractivity contribution >= 4 is 5.91 Å². The topological polar surface area (TPSA) is 60.5 Å². The molecule has 2 aliphatic rings. The maximum absolute atomic E-state index is 12.8. The number of methoxy groups -OCH3 is 1. The molecule has 1 fully saturated rings. The minimum Gasteiger partial charge on any atom is -0.493 e. The lowest BCUT2D eigenvalue weighted by molar-refractivity contribution is -0.0512. The summed E-state index contributed by atoms with van der Waals surface area (Å²) in [5, 5.41) is 0. The fraction of sp³-hybridized carbons (Fsp3) is 0.381. The summed E-state index contributed by atoms with van der Waals surface area (Å²) < 4.78 is 45.2. The van der Waals surface area contributed by atoms with Crippen molar-refractivity contribution in [3.63, 3.8) is 0 Å². The Morgan fingerprint density at radius 1 is 1.03 bits per heavy atom. The number of benzene rings is 2. The quantitative estimate of drug-likeness (QED) is 0.716. The largest absolute Gasteiger partial charge is 0.493 e. The molecule has 2 aliphatic heterocycles. The number of carbonyl (C=O) groups excluding carboxylic acids is 1. The van der Waals surface area contributed by atoms with E-state index in [1.54, 1.807) is 4.90 Å². The van der Waals surface area contributed by atoms with Crippen LogP contribution in [0.4, 0.5) is 8.78 Å². The minimum absolute atomic E-state index is 0.0994. The number of halogens is 2. The molecule has 0 aliphatic carbocycles. The summed E-state index contributed by atoms with van der Waals surface area (Å²) in [5.41, 5.74) is 1.50. The number of carbonyl (C=O) groups is 1. The second-order valence-corrected chi connectivity index (χ2v) is 7.00. The molecule has 9 heteroatoms. The van der Waals surface area contributed by atoms with Gasteiger partial charge in [-0.3, -0.25) is 9.69 Å². The zero-order valence-corrected chi connectivity index (χ0v) is 16.5. The lowest BCUT2D eigenvalue weighted by atomic mass is 10.1. The summed E-state index contributed by atoms with van der Waals surface area (Å²) >= 11 is 0. The standard InChI is InChI=1S/C21H22F2N2O5/c1-27-18-11-15(3-5-17(18)30-21(22)23)20(26)25-8-6-24(7-9-25)12-14-2-4-16-19(10-14)29-13-28-16/h2-5,10-11,21H,6-9,12-13H2,1H3. The first-order valence-electron chi connectivity index (χ1n) is 9.56. The summed E-state index contributed by atoms with van der Waals surface area (Å²) in [6.07, 6.45) is 0. The highest BCUT2D eigenvalue weighted by Gasteiger charge is 2.24. The first kappa shape index (κ1) is 20.2. The zero-order chi connectivity index (χ0) is 21.1. The lowest BCUT2D eigenvalue weighted by Crippen LogP contribution is -2.48. The molecule has 1 amide bonds. The summed E-state index contributed by atoms with van der Waals surface area (Å²) in [6, 6.07) is 10.1. The van der Waals surface area contributed by atoms with Crippen LogP contribution in [0.25, 0.3) is 0 Å². The number of hydrogen-bond acceptors (Lipinski definition) is 6. The average molecular weight is 420 g/mol. The summed E-state index contributed by atoms with van der Waals surface area (Å²) in [4.78, 5) is 16.8. The van der Waals surface area contributed by atoms with Crippen molar-refractivity contribution in [3.05, 3.63) is 47.5 Å². The summed E-state index contributed by atoms with van der Waals surface area (Å²) in [7, 11) is 1.34. The third-order valence-electron chi connectivity index (χ3n) is 5.13. The van der Waals surface area contributed by atoms with Crippen molar-refractivity contribution in [2.45, 2.75) is 13.2 Å². The second-order valence-electron chi connectivity index (χ2n) is 7.00. The van der Waals surface area contributed by atoms with Gasteiger partial charge in [0.15, 0.2) is 23.0 Å². The van der Waals surface area contributed by atoms with Crippen LogP contribution in [-0.4, -0.2) is 62.4 Å². The Balaban J connectivity index is 1.35. The monoisotopic (exact) mass is 420 g/mol. The van der Waals surface area contributed by atoms with Gasteiger partial charge in [-0.2, -0.15) is 8.78 Å². The van der Waals surface area contributed by atoms with E-state index >= 15 is 0 Å². The molecular weight excluding hydrogens is 398 g/mol. The molecule has 2 aromatic rings. The number of alkyl halides is 2. The molecule has 0 aromatic heterocycles. The second kappa shape index (κ2) is 8.74. The molecule has 0 spiro atoms. The third kappa shape index (κ3) is 4.40. The first-order valence-corrected chi connectivity index (χ1v) is 9.56. The van der Waals surface area contributed by atoms with Crippen molar-refractivity contribution in [3.8, 4) is 23.0 Å². The average Bonchev–Trinajstić information content (AvgIpc) is 3.21. The molecule has 1 saturated heterocycles. The fourth-order valence-corrected chi connectivity index (χ4v) is 3.58. The molecule has 0 unspecified atom stereocenters. The number of nitrogens with zero attached hydrogens (tertiary/aromatic N) is 2. The Morgan fingerprint density at radius 3 is 2.53 bits per heavy atom. The van der Waals surface area contributed by atoms with Crippen molar-refractivity contribution in [1.82, 2.24) is 9.80 Å². The van der Waals surface area contributed by atoms with E-state index in [0.29, 0.717) is 18.7 Å². The predicted molar refractivity (Wildman–Crippen MR) is 103 cm³/mol. The fourth-order valence-electron chi connectivity index (χ4n) is 3.58.